The van der Waals surface area contributed by atoms with E-state index in [0.717, 1.165) is 5.01 Å². The number of nitrogens with zero attached hydrogens (tertiary/aromatic N) is 2. The number of nitrogens with one attached hydrogen (secondary N) is 1. The van der Waals surface area contributed by atoms with Gasteiger partial charge >= 0.3 is 12.0 Å². The van der Waals surface area contributed by atoms with E-state index in [1.54, 1.807) is 0 Å². The second-order valence-electron chi connectivity index (χ2n) is 6.68. The number of rotatable bonds is 4. The van der Waals surface area contributed by atoms with Crippen molar-refractivity contribution in [3.05, 3.63) is 47.0 Å². The van der Waals surface area contributed by atoms with Crippen molar-refractivity contribution in [1.82, 2.24) is 10.4 Å². The summed E-state index contributed by atoms with van der Waals surface area (Å²) in [5.41, 5.74) is -1.58. The third kappa shape index (κ3) is 3.81. The highest BCUT2D eigenvalue weighted by atomic mass is 19.3. The Bertz CT molecular complexity index is 1110. The second kappa shape index (κ2) is 7.93. The number of ether oxygens (including phenoxy) is 1. The highest BCUT2D eigenvalue weighted by molar-refractivity contribution is 6.05. The van der Waals surface area contributed by atoms with Gasteiger partial charge in [-0.05, 0) is 6.07 Å². The fourth-order valence-corrected chi connectivity index (χ4v) is 2.90. The van der Waals surface area contributed by atoms with Crippen LogP contribution in [0, 0.1) is 34.9 Å². The molecule has 0 aromatic heterocycles. The lowest BCUT2D eigenvalue weighted by Gasteiger charge is -2.33. The van der Waals surface area contributed by atoms with Crippen LogP contribution in [0.2, 0.25) is 0 Å². The van der Waals surface area contributed by atoms with Gasteiger partial charge in [-0.2, -0.15) is 8.78 Å². The Morgan fingerprint density at radius 3 is 2.06 bits per heavy atom. The average molecular weight is 469 g/mol. The number of anilines is 1. The summed E-state index contributed by atoms with van der Waals surface area (Å²) in [5, 5.41) is 1.11. The largest absolute Gasteiger partial charge is 0.482 e. The number of hydrogen-bond donors (Lipinski definition) is 1. The van der Waals surface area contributed by atoms with E-state index in [9.17, 15) is 44.7 Å². The first kappa shape index (κ1) is 23.2. The van der Waals surface area contributed by atoms with E-state index in [2.05, 4.69) is 10.2 Å². The van der Waals surface area contributed by atoms with Crippen LogP contribution in [0.4, 0.5) is 40.8 Å². The average Bonchev–Trinajstić information content (AvgIpc) is 2.68. The highest BCUT2D eigenvalue weighted by Crippen LogP contribution is 2.44. The van der Waals surface area contributed by atoms with Crippen LogP contribution in [0.3, 0.4) is 0 Å². The fraction of sp³-hybridized carbons (Fsp3) is 0.222. The number of carbonyl (C=O) groups is 2. The molecule has 6 nitrogen and oxygen atoms in total. The molecule has 0 radical (unpaired) electrons. The van der Waals surface area contributed by atoms with Crippen molar-refractivity contribution in [3.8, 4) is 16.9 Å². The van der Waals surface area contributed by atoms with E-state index in [0.29, 0.717) is 6.07 Å². The molecule has 1 N–H and O–H groups in total. The van der Waals surface area contributed by atoms with E-state index in [1.807, 2.05) is 0 Å². The molecule has 0 unspecified atom stereocenters. The first-order chi connectivity index (χ1) is 14.8. The lowest BCUT2D eigenvalue weighted by Crippen LogP contribution is -2.54. The number of carbonyl (C=O) groups excluding carboxylic acids is 2. The Morgan fingerprint density at radius 2 is 1.53 bits per heavy atom. The van der Waals surface area contributed by atoms with Crippen LogP contribution in [0.1, 0.15) is 0 Å². The molecule has 0 atom stereocenters. The van der Waals surface area contributed by atoms with Crippen LogP contribution < -0.4 is 15.1 Å². The van der Waals surface area contributed by atoms with Crippen molar-refractivity contribution >= 4 is 17.5 Å². The van der Waals surface area contributed by atoms with Gasteiger partial charge < -0.3 is 4.74 Å². The van der Waals surface area contributed by atoms with E-state index < -0.39 is 81.9 Å². The Balaban J connectivity index is 2.22. The van der Waals surface area contributed by atoms with Gasteiger partial charge in [0.15, 0.2) is 29.0 Å². The smallest absolute Gasteiger partial charge is 0.423 e. The van der Waals surface area contributed by atoms with Gasteiger partial charge in [0.05, 0.1) is 11.3 Å². The summed E-state index contributed by atoms with van der Waals surface area (Å²) in [4.78, 5) is 24.2. The lowest BCUT2D eigenvalue weighted by atomic mass is 10.0. The molecule has 0 saturated carbocycles. The zero-order valence-corrected chi connectivity index (χ0v) is 16.0. The molecule has 32 heavy (non-hydrogen) atoms. The molecule has 172 valence electrons. The van der Waals surface area contributed by atoms with Gasteiger partial charge in [0.2, 0.25) is 5.82 Å². The summed E-state index contributed by atoms with van der Waals surface area (Å²) in [6.45, 7) is -1.08. The van der Waals surface area contributed by atoms with E-state index in [-0.39, 0.29) is 11.0 Å². The quantitative estimate of drug-likeness (QED) is 0.324. The normalized spacial score (nSPS) is 15.0. The van der Waals surface area contributed by atoms with Gasteiger partial charge in [-0.3, -0.25) is 19.9 Å². The molecule has 1 aliphatic rings. The molecule has 0 bridgehead atoms. The van der Waals surface area contributed by atoms with E-state index >= 15 is 0 Å². The number of hydrogen-bond acceptors (Lipinski definition) is 4. The molecule has 2 amide bonds. The number of benzene rings is 2. The molecule has 0 fully saturated rings. The highest BCUT2D eigenvalue weighted by Gasteiger charge is 2.51. The van der Waals surface area contributed by atoms with Crippen molar-refractivity contribution in [1.29, 1.82) is 0 Å². The molecule has 1 heterocycles. The lowest BCUT2D eigenvalue weighted by molar-refractivity contribution is -0.192. The van der Waals surface area contributed by atoms with Crippen molar-refractivity contribution in [2.75, 3.05) is 25.5 Å². The van der Waals surface area contributed by atoms with Gasteiger partial charge in [0, 0.05) is 25.7 Å². The van der Waals surface area contributed by atoms with E-state index in [4.69, 9.17) is 0 Å². The maximum atomic E-state index is 14.5. The standard InChI is InChI=1S/C18H11F8N3O3/c1-28(2)27-10(30)5-29-8-3-6(7(19)4-9(8)32-18(25,26)17(29)31)11-12(20)14(22)16(24)15(23)13(11)21/h3-4H,5H2,1-2H3,(H,27,30). The van der Waals surface area contributed by atoms with Crippen LogP contribution >= 0.6 is 0 Å². The summed E-state index contributed by atoms with van der Waals surface area (Å²) in [6.07, 6.45) is -4.54. The minimum absolute atomic E-state index is 0.118. The predicted molar refractivity (Wildman–Crippen MR) is 91.4 cm³/mol. The van der Waals surface area contributed by atoms with Crippen molar-refractivity contribution in [3.63, 3.8) is 0 Å². The first-order valence-corrected chi connectivity index (χ1v) is 8.47. The molecular formula is C18H11F8N3O3. The Kier molecular flexibility index (Phi) is 5.76. The SMILES string of the molecule is CN(C)NC(=O)CN1C(=O)C(F)(F)Oc2cc(F)c(-c3c(F)c(F)c(F)c(F)c3F)cc21. The zero-order valence-electron chi connectivity index (χ0n) is 16.0. The summed E-state index contributed by atoms with van der Waals surface area (Å²) in [6, 6.07) is 0.527. The van der Waals surface area contributed by atoms with Crippen molar-refractivity contribution in [2.45, 2.75) is 6.11 Å². The molecule has 1 aliphatic heterocycles. The van der Waals surface area contributed by atoms with Gasteiger partial charge in [0.1, 0.15) is 12.4 Å². The van der Waals surface area contributed by atoms with Gasteiger partial charge in [-0.25, -0.2) is 31.4 Å². The molecule has 2 aromatic carbocycles. The van der Waals surface area contributed by atoms with Crippen molar-refractivity contribution < 1.29 is 49.4 Å². The summed E-state index contributed by atoms with van der Waals surface area (Å²) >= 11 is 0. The zero-order chi connectivity index (χ0) is 24.1. The van der Waals surface area contributed by atoms with Crippen LogP contribution in [0.25, 0.3) is 11.1 Å². The topological polar surface area (TPSA) is 61.9 Å². The number of hydrazine groups is 1. The molecular weight excluding hydrogens is 458 g/mol. The second-order valence-corrected chi connectivity index (χ2v) is 6.68. The number of amides is 2. The van der Waals surface area contributed by atoms with Gasteiger partial charge in [-0.15, -0.1) is 0 Å². The first-order valence-electron chi connectivity index (χ1n) is 8.47. The van der Waals surface area contributed by atoms with Crippen LogP contribution in [-0.4, -0.2) is 43.6 Å². The minimum Gasteiger partial charge on any atom is -0.423 e. The predicted octanol–water partition coefficient (Wildman–Crippen LogP) is 3.10. The molecule has 0 spiro atoms. The molecule has 14 heteroatoms. The number of fused-ring (bicyclic) bond motifs is 1. The molecule has 3 rings (SSSR count). The maximum Gasteiger partial charge on any atom is 0.482 e. The van der Waals surface area contributed by atoms with Gasteiger partial charge in [-0.1, -0.05) is 0 Å². The Hall–Kier alpha value is -3.42. The third-order valence-corrected chi connectivity index (χ3v) is 4.20. The molecule has 0 saturated heterocycles. The fourth-order valence-electron chi connectivity index (χ4n) is 2.90. The summed E-state index contributed by atoms with van der Waals surface area (Å²) < 4.78 is 115. The van der Waals surface area contributed by atoms with Crippen LogP contribution in [-0.2, 0) is 9.59 Å². The Morgan fingerprint density at radius 1 is 1.00 bits per heavy atom. The van der Waals surface area contributed by atoms with Crippen LogP contribution in [0.15, 0.2) is 12.1 Å². The number of alkyl halides is 2. The van der Waals surface area contributed by atoms with Crippen LogP contribution in [0.5, 0.6) is 5.75 Å². The maximum absolute atomic E-state index is 14.5. The monoisotopic (exact) mass is 469 g/mol. The Labute approximate surface area is 173 Å². The minimum atomic E-state index is -4.54. The summed E-state index contributed by atoms with van der Waals surface area (Å²) in [5.74, 6) is -17.9. The van der Waals surface area contributed by atoms with Gasteiger partial charge in [0.25, 0.3) is 5.91 Å². The van der Waals surface area contributed by atoms with Crippen molar-refractivity contribution in [2.24, 2.45) is 0 Å². The van der Waals surface area contributed by atoms with E-state index in [1.165, 1.54) is 14.1 Å². The number of halogens is 8. The molecule has 2 aromatic rings. The third-order valence-electron chi connectivity index (χ3n) is 4.20. The summed E-state index contributed by atoms with van der Waals surface area (Å²) in [7, 11) is 2.72. The molecule has 0 aliphatic carbocycles.